The molecule has 0 saturated carbocycles. The number of rotatable bonds is 8. The maximum atomic E-state index is 13.8. The molecule has 2 saturated heterocycles. The number of pyridine rings is 1. The Kier molecular flexibility index (Phi) is 8.16. The molecule has 4 heterocycles. The van der Waals surface area contributed by atoms with Crippen LogP contribution in [-0.4, -0.2) is 76.5 Å². The highest BCUT2D eigenvalue weighted by atomic mass is 32.2. The Labute approximate surface area is 242 Å². The standard InChI is InChI=1S/C29H30N4O6S2/c1-18(2)15-21(31-27(35)25-11-10-24(40-25)19-7-4-3-5-8-19)28(36)32-14-12-22-26(32)23(34)17-33(22)41(38,39)29(37)20-9-6-13-30-16-20/h3-11,13,16,18,21-22,26H,12,14-15,17H2,1-2H3,(H,31,35). The molecule has 0 radical (unpaired) electrons. The van der Waals surface area contributed by atoms with Gasteiger partial charge in [0.1, 0.15) is 12.1 Å². The first kappa shape index (κ1) is 28.8. The van der Waals surface area contributed by atoms with E-state index in [0.717, 1.165) is 20.9 Å². The summed E-state index contributed by atoms with van der Waals surface area (Å²) < 4.78 is 27.4. The quantitative estimate of drug-likeness (QED) is 0.424. The van der Waals surface area contributed by atoms with Crippen LogP contribution < -0.4 is 5.32 Å². The van der Waals surface area contributed by atoms with Crippen LogP contribution in [0.1, 0.15) is 46.7 Å². The fraction of sp³-hybridized carbons (Fsp3) is 0.345. The van der Waals surface area contributed by atoms with Gasteiger partial charge in [-0.05, 0) is 48.6 Å². The van der Waals surface area contributed by atoms with Crippen molar-refractivity contribution in [3.05, 3.63) is 77.4 Å². The van der Waals surface area contributed by atoms with Gasteiger partial charge < -0.3 is 10.2 Å². The van der Waals surface area contributed by atoms with Crippen molar-refractivity contribution in [2.75, 3.05) is 13.1 Å². The van der Waals surface area contributed by atoms with E-state index in [9.17, 15) is 27.6 Å². The molecule has 0 spiro atoms. The predicted molar refractivity (Wildman–Crippen MR) is 154 cm³/mol. The maximum Gasteiger partial charge on any atom is 0.293 e. The molecule has 2 aromatic heterocycles. The molecule has 2 fully saturated rings. The average Bonchev–Trinajstić information content (AvgIpc) is 3.70. The normalized spacial score (nSPS) is 19.8. The number of nitrogens with zero attached hydrogens (tertiary/aromatic N) is 3. The van der Waals surface area contributed by atoms with Crippen LogP contribution in [0.5, 0.6) is 0 Å². The first-order chi connectivity index (χ1) is 19.6. The smallest absolute Gasteiger partial charge is 0.293 e. The van der Waals surface area contributed by atoms with Crippen molar-refractivity contribution in [2.45, 2.75) is 44.8 Å². The number of nitrogens with one attached hydrogen (secondary N) is 1. The number of likely N-dealkylation sites (tertiary alicyclic amines) is 1. The SMILES string of the molecule is CC(C)CC(NC(=O)c1ccc(-c2ccccc2)s1)C(=O)N1CCC2C1C(=O)CN2S(=O)(=O)C(=O)c1cccnc1. The molecule has 10 nitrogen and oxygen atoms in total. The number of benzene rings is 1. The van der Waals surface area contributed by atoms with Gasteiger partial charge in [0.15, 0.2) is 5.78 Å². The number of thiophene rings is 1. The Morgan fingerprint density at radius 2 is 1.83 bits per heavy atom. The van der Waals surface area contributed by atoms with Crippen LogP contribution in [-0.2, 0) is 19.6 Å². The Bertz CT molecular complexity index is 1570. The highest BCUT2D eigenvalue weighted by molar-refractivity contribution is 8.04. The van der Waals surface area contributed by atoms with Gasteiger partial charge in [-0.2, -0.15) is 4.31 Å². The van der Waals surface area contributed by atoms with Crippen molar-refractivity contribution >= 4 is 44.1 Å². The van der Waals surface area contributed by atoms with Gasteiger partial charge >= 0.3 is 0 Å². The number of hydrogen-bond donors (Lipinski definition) is 1. The molecule has 0 aliphatic carbocycles. The van der Waals surface area contributed by atoms with Gasteiger partial charge in [-0.3, -0.25) is 24.2 Å². The van der Waals surface area contributed by atoms with Gasteiger partial charge in [0.25, 0.3) is 21.0 Å². The number of fused-ring (bicyclic) bond motifs is 1. The first-order valence-corrected chi connectivity index (χ1v) is 15.6. The lowest BCUT2D eigenvalue weighted by Gasteiger charge is -2.29. The summed E-state index contributed by atoms with van der Waals surface area (Å²) in [6.45, 7) is 3.49. The summed E-state index contributed by atoms with van der Waals surface area (Å²) in [4.78, 5) is 59.5. The van der Waals surface area contributed by atoms with Crippen molar-refractivity contribution in [1.29, 1.82) is 0 Å². The number of carbonyl (C=O) groups is 4. The Morgan fingerprint density at radius 3 is 2.51 bits per heavy atom. The topological polar surface area (TPSA) is 134 Å². The van der Waals surface area contributed by atoms with Gasteiger partial charge in [0, 0.05) is 23.8 Å². The van der Waals surface area contributed by atoms with Crippen LogP contribution in [0.15, 0.2) is 67.0 Å². The molecule has 0 bridgehead atoms. The van der Waals surface area contributed by atoms with E-state index in [1.165, 1.54) is 34.6 Å². The van der Waals surface area contributed by atoms with Gasteiger partial charge in [0.05, 0.1) is 23.0 Å². The van der Waals surface area contributed by atoms with Gasteiger partial charge in [-0.1, -0.05) is 44.2 Å². The van der Waals surface area contributed by atoms with Crippen LogP contribution in [0.2, 0.25) is 0 Å². The van der Waals surface area contributed by atoms with E-state index >= 15 is 0 Å². The minimum atomic E-state index is -4.52. The Hall–Kier alpha value is -3.74. The number of ketones is 1. The number of hydrogen-bond acceptors (Lipinski definition) is 8. The molecule has 2 aliphatic rings. The lowest BCUT2D eigenvalue weighted by atomic mass is 10.0. The number of carbonyl (C=O) groups excluding carboxylic acids is 4. The fourth-order valence-electron chi connectivity index (χ4n) is 5.42. The molecule has 41 heavy (non-hydrogen) atoms. The summed E-state index contributed by atoms with van der Waals surface area (Å²) in [5.74, 6) is -1.23. The molecule has 5 rings (SSSR count). The highest BCUT2D eigenvalue weighted by Crippen LogP contribution is 2.34. The lowest BCUT2D eigenvalue weighted by molar-refractivity contribution is -0.138. The minimum Gasteiger partial charge on any atom is -0.340 e. The molecule has 3 aromatic rings. The zero-order valence-corrected chi connectivity index (χ0v) is 24.2. The second kappa shape index (κ2) is 11.6. The minimum absolute atomic E-state index is 0.0547. The zero-order valence-electron chi connectivity index (χ0n) is 22.6. The summed E-state index contributed by atoms with van der Waals surface area (Å²) in [5, 5.41) is 1.72. The fourth-order valence-corrected chi connectivity index (χ4v) is 7.84. The third kappa shape index (κ3) is 5.72. The summed E-state index contributed by atoms with van der Waals surface area (Å²) in [6.07, 6.45) is 3.13. The zero-order chi connectivity index (χ0) is 29.3. The first-order valence-electron chi connectivity index (χ1n) is 13.3. The Balaban J connectivity index is 1.33. The Morgan fingerprint density at radius 1 is 1.07 bits per heavy atom. The molecule has 1 aromatic carbocycles. The van der Waals surface area contributed by atoms with Gasteiger partial charge in [-0.25, -0.2) is 8.42 Å². The number of aromatic nitrogens is 1. The number of amides is 2. The summed E-state index contributed by atoms with van der Waals surface area (Å²) >= 11 is 1.32. The second-order valence-electron chi connectivity index (χ2n) is 10.6. The van der Waals surface area contributed by atoms with E-state index in [2.05, 4.69) is 10.3 Å². The molecule has 2 aliphatic heterocycles. The number of sulfonamides is 1. The van der Waals surface area contributed by atoms with Crippen molar-refractivity contribution in [1.82, 2.24) is 19.5 Å². The van der Waals surface area contributed by atoms with Crippen LogP contribution in [0, 0.1) is 5.92 Å². The lowest BCUT2D eigenvalue weighted by Crippen LogP contribution is -2.53. The molecule has 12 heteroatoms. The predicted octanol–water partition coefficient (Wildman–Crippen LogP) is 2.98. The van der Waals surface area contributed by atoms with Crippen molar-refractivity contribution < 1.29 is 27.6 Å². The van der Waals surface area contributed by atoms with Crippen LogP contribution >= 0.6 is 11.3 Å². The average molecular weight is 595 g/mol. The van der Waals surface area contributed by atoms with Crippen molar-refractivity contribution in [3.8, 4) is 10.4 Å². The molecule has 214 valence electrons. The molecular weight excluding hydrogens is 564 g/mol. The number of Topliss-reactive ketones (excluding diaryl/α,β-unsaturated/α-hetero) is 1. The van der Waals surface area contributed by atoms with Crippen LogP contribution in [0.25, 0.3) is 10.4 Å². The summed E-state index contributed by atoms with van der Waals surface area (Å²) in [7, 11) is -4.52. The maximum absolute atomic E-state index is 13.8. The van der Waals surface area contributed by atoms with E-state index in [4.69, 9.17) is 0 Å². The molecule has 1 N–H and O–H groups in total. The molecule has 2 amide bonds. The summed E-state index contributed by atoms with van der Waals surface area (Å²) in [5.41, 5.74) is 0.883. The highest BCUT2D eigenvalue weighted by Gasteiger charge is 2.55. The van der Waals surface area contributed by atoms with E-state index in [1.54, 1.807) is 6.07 Å². The van der Waals surface area contributed by atoms with E-state index < -0.39 is 57.4 Å². The molecular formula is C29H30N4O6S2. The second-order valence-corrected chi connectivity index (χ2v) is 13.4. The third-order valence-corrected chi connectivity index (χ3v) is 10.2. The van der Waals surface area contributed by atoms with Gasteiger partial charge in [0.2, 0.25) is 5.91 Å². The van der Waals surface area contributed by atoms with E-state index in [0.29, 0.717) is 11.3 Å². The third-order valence-electron chi connectivity index (χ3n) is 7.30. The van der Waals surface area contributed by atoms with Crippen LogP contribution in [0.4, 0.5) is 0 Å². The summed E-state index contributed by atoms with van der Waals surface area (Å²) in [6, 6.07) is 13.3. The van der Waals surface area contributed by atoms with Gasteiger partial charge in [-0.15, -0.1) is 11.3 Å². The largest absolute Gasteiger partial charge is 0.340 e. The van der Waals surface area contributed by atoms with Crippen molar-refractivity contribution in [3.63, 3.8) is 0 Å². The molecule has 3 atom stereocenters. The van der Waals surface area contributed by atoms with Crippen molar-refractivity contribution in [2.24, 2.45) is 5.92 Å². The van der Waals surface area contributed by atoms with Crippen LogP contribution in [0.3, 0.4) is 0 Å². The van der Waals surface area contributed by atoms with E-state index in [-0.39, 0.29) is 24.4 Å². The van der Waals surface area contributed by atoms with E-state index in [1.807, 2.05) is 50.2 Å². The molecule has 3 unspecified atom stereocenters. The monoisotopic (exact) mass is 594 g/mol.